The molecule has 0 spiro atoms. The van der Waals surface area contributed by atoms with Crippen LogP contribution >= 0.6 is 0 Å². The summed E-state index contributed by atoms with van der Waals surface area (Å²) in [5.74, 6) is 1.51. The predicted molar refractivity (Wildman–Crippen MR) is 83.0 cm³/mol. The maximum absolute atomic E-state index is 12.3. The molecule has 2 rings (SSSR count). The van der Waals surface area contributed by atoms with Gasteiger partial charge in [0.05, 0.1) is 12.5 Å². The molecule has 6 heteroatoms. The van der Waals surface area contributed by atoms with Crippen LogP contribution in [0.1, 0.15) is 33.1 Å². The van der Waals surface area contributed by atoms with Gasteiger partial charge in [-0.3, -0.25) is 4.90 Å². The van der Waals surface area contributed by atoms with E-state index in [4.69, 9.17) is 9.47 Å². The van der Waals surface area contributed by atoms with Gasteiger partial charge in [-0.25, -0.2) is 0 Å². The zero-order valence-electron chi connectivity index (χ0n) is 13.6. The Labute approximate surface area is 135 Å². The molecule has 1 aliphatic heterocycles. The van der Waals surface area contributed by atoms with E-state index in [0.29, 0.717) is 13.1 Å². The Balaban J connectivity index is 1.82. The van der Waals surface area contributed by atoms with Crippen molar-refractivity contribution in [3.63, 3.8) is 0 Å². The van der Waals surface area contributed by atoms with Crippen molar-refractivity contribution in [3.05, 3.63) is 24.3 Å². The van der Waals surface area contributed by atoms with E-state index in [1.54, 1.807) is 0 Å². The molecule has 130 valence electrons. The molecule has 1 heterocycles. The monoisotopic (exact) mass is 331 g/mol. The number of benzene rings is 1. The molecule has 3 nitrogen and oxygen atoms in total. The van der Waals surface area contributed by atoms with Crippen molar-refractivity contribution in [1.82, 2.24) is 4.90 Å². The molecule has 1 fully saturated rings. The lowest BCUT2D eigenvalue weighted by Gasteiger charge is -2.33. The molecule has 0 aromatic heterocycles. The van der Waals surface area contributed by atoms with Crippen LogP contribution in [0.15, 0.2) is 24.3 Å². The molecule has 1 aromatic carbocycles. The van der Waals surface area contributed by atoms with Gasteiger partial charge in [0.25, 0.3) is 0 Å². The Kier molecular flexibility index (Phi) is 6.16. The van der Waals surface area contributed by atoms with E-state index in [2.05, 4.69) is 0 Å². The zero-order valence-corrected chi connectivity index (χ0v) is 13.6. The highest BCUT2D eigenvalue weighted by molar-refractivity contribution is 5.31. The van der Waals surface area contributed by atoms with Gasteiger partial charge in [-0.1, -0.05) is 0 Å². The third-order valence-electron chi connectivity index (χ3n) is 3.67. The van der Waals surface area contributed by atoms with Gasteiger partial charge in [0, 0.05) is 13.1 Å². The van der Waals surface area contributed by atoms with Gasteiger partial charge < -0.3 is 9.47 Å². The second-order valence-corrected chi connectivity index (χ2v) is 6.19. The summed E-state index contributed by atoms with van der Waals surface area (Å²) in [6.07, 6.45) is -3.08. The number of piperidine rings is 1. The first-order valence-electron chi connectivity index (χ1n) is 8.04. The summed E-state index contributed by atoms with van der Waals surface area (Å²) in [7, 11) is 0. The summed E-state index contributed by atoms with van der Waals surface area (Å²) < 4.78 is 48.4. The van der Waals surface area contributed by atoms with Crippen LogP contribution in [0.2, 0.25) is 0 Å². The number of halogens is 3. The van der Waals surface area contributed by atoms with E-state index in [1.807, 2.05) is 43.0 Å². The van der Waals surface area contributed by atoms with Gasteiger partial charge in [-0.15, -0.1) is 0 Å². The normalized spacial score (nSPS) is 19.8. The van der Waals surface area contributed by atoms with Crippen molar-refractivity contribution in [2.45, 2.75) is 51.5 Å². The highest BCUT2D eigenvalue weighted by atomic mass is 19.4. The van der Waals surface area contributed by atoms with Gasteiger partial charge >= 0.3 is 6.18 Å². The summed E-state index contributed by atoms with van der Waals surface area (Å²) in [5.41, 5.74) is 0. The molecule has 1 atom stereocenters. The summed E-state index contributed by atoms with van der Waals surface area (Å²) in [6.45, 7) is 5.21. The average Bonchev–Trinajstić information content (AvgIpc) is 2.46. The molecule has 1 aromatic rings. The SMILES string of the molecule is CC(C)Oc1ccc(OC2CCCN(CCC(F)(F)F)C2)cc1. The molecular weight excluding hydrogens is 307 g/mol. The van der Waals surface area contributed by atoms with Crippen LogP contribution in [-0.4, -0.2) is 42.9 Å². The van der Waals surface area contributed by atoms with E-state index >= 15 is 0 Å². The first-order chi connectivity index (χ1) is 10.8. The van der Waals surface area contributed by atoms with E-state index in [1.165, 1.54) is 0 Å². The van der Waals surface area contributed by atoms with E-state index in [9.17, 15) is 13.2 Å². The van der Waals surface area contributed by atoms with Gasteiger partial charge in [-0.2, -0.15) is 13.2 Å². The third kappa shape index (κ3) is 6.69. The molecule has 0 N–H and O–H groups in total. The van der Waals surface area contributed by atoms with Gasteiger partial charge in [-0.05, 0) is 57.5 Å². The highest BCUT2D eigenvalue weighted by Crippen LogP contribution is 2.24. The van der Waals surface area contributed by atoms with Crippen LogP contribution in [-0.2, 0) is 0 Å². The molecule has 0 radical (unpaired) electrons. The lowest BCUT2D eigenvalue weighted by atomic mass is 10.1. The first-order valence-corrected chi connectivity index (χ1v) is 8.04. The fraction of sp³-hybridized carbons (Fsp3) is 0.647. The molecule has 1 saturated heterocycles. The Morgan fingerprint density at radius 3 is 2.43 bits per heavy atom. The third-order valence-corrected chi connectivity index (χ3v) is 3.67. The molecule has 0 amide bonds. The van der Waals surface area contributed by atoms with E-state index < -0.39 is 12.6 Å². The molecule has 23 heavy (non-hydrogen) atoms. The van der Waals surface area contributed by atoms with Crippen LogP contribution in [0.25, 0.3) is 0 Å². The maximum atomic E-state index is 12.3. The van der Waals surface area contributed by atoms with Crippen molar-refractivity contribution in [2.24, 2.45) is 0 Å². The average molecular weight is 331 g/mol. The summed E-state index contributed by atoms with van der Waals surface area (Å²) in [6, 6.07) is 7.37. The fourth-order valence-electron chi connectivity index (χ4n) is 2.66. The summed E-state index contributed by atoms with van der Waals surface area (Å²) in [5, 5.41) is 0. The minimum atomic E-state index is -4.10. The van der Waals surface area contributed by atoms with E-state index in [-0.39, 0.29) is 18.8 Å². The Bertz CT molecular complexity index is 474. The largest absolute Gasteiger partial charge is 0.491 e. The van der Waals surface area contributed by atoms with E-state index in [0.717, 1.165) is 24.3 Å². The molecule has 0 saturated carbocycles. The van der Waals surface area contributed by atoms with Crippen molar-refractivity contribution in [2.75, 3.05) is 19.6 Å². The maximum Gasteiger partial charge on any atom is 0.390 e. The van der Waals surface area contributed by atoms with Crippen LogP contribution in [0.3, 0.4) is 0 Å². The molecule has 1 unspecified atom stereocenters. The van der Waals surface area contributed by atoms with Gasteiger partial charge in [0.1, 0.15) is 17.6 Å². The number of hydrogen-bond donors (Lipinski definition) is 0. The lowest BCUT2D eigenvalue weighted by Crippen LogP contribution is -2.42. The van der Waals surface area contributed by atoms with Crippen LogP contribution in [0.4, 0.5) is 13.2 Å². The molecule has 0 aliphatic carbocycles. The number of alkyl halides is 3. The van der Waals surface area contributed by atoms with Crippen LogP contribution < -0.4 is 9.47 Å². The van der Waals surface area contributed by atoms with Crippen molar-refractivity contribution >= 4 is 0 Å². The number of likely N-dealkylation sites (tertiary alicyclic amines) is 1. The van der Waals surface area contributed by atoms with Crippen LogP contribution in [0.5, 0.6) is 11.5 Å². The molecule has 1 aliphatic rings. The standard InChI is InChI=1S/C17H24F3NO2/c1-13(2)22-14-5-7-15(8-6-14)23-16-4-3-10-21(12-16)11-9-17(18,19)20/h5-8,13,16H,3-4,9-12H2,1-2H3. The molecule has 0 bridgehead atoms. The Hall–Kier alpha value is -1.43. The highest BCUT2D eigenvalue weighted by Gasteiger charge is 2.29. The predicted octanol–water partition coefficient (Wildman–Crippen LogP) is 4.27. The van der Waals surface area contributed by atoms with Crippen molar-refractivity contribution in [1.29, 1.82) is 0 Å². The number of hydrogen-bond acceptors (Lipinski definition) is 3. The number of nitrogens with zero attached hydrogens (tertiary/aromatic N) is 1. The number of rotatable bonds is 6. The summed E-state index contributed by atoms with van der Waals surface area (Å²) >= 11 is 0. The Morgan fingerprint density at radius 2 is 1.83 bits per heavy atom. The quantitative estimate of drug-likeness (QED) is 0.777. The Morgan fingerprint density at radius 1 is 1.17 bits per heavy atom. The van der Waals surface area contributed by atoms with Crippen molar-refractivity contribution < 1.29 is 22.6 Å². The topological polar surface area (TPSA) is 21.7 Å². The molecular formula is C17H24F3NO2. The minimum Gasteiger partial charge on any atom is -0.491 e. The van der Waals surface area contributed by atoms with Gasteiger partial charge in [0.2, 0.25) is 0 Å². The minimum absolute atomic E-state index is 0.0462. The van der Waals surface area contributed by atoms with Crippen LogP contribution in [0, 0.1) is 0 Å². The second-order valence-electron chi connectivity index (χ2n) is 6.19. The smallest absolute Gasteiger partial charge is 0.390 e. The van der Waals surface area contributed by atoms with Gasteiger partial charge in [0.15, 0.2) is 0 Å². The fourth-order valence-corrected chi connectivity index (χ4v) is 2.66. The summed E-state index contributed by atoms with van der Waals surface area (Å²) in [4.78, 5) is 1.83. The first kappa shape index (κ1) is 17.9. The lowest BCUT2D eigenvalue weighted by molar-refractivity contribution is -0.139. The number of ether oxygens (including phenoxy) is 2. The zero-order chi connectivity index (χ0) is 16.9. The van der Waals surface area contributed by atoms with Crippen molar-refractivity contribution in [3.8, 4) is 11.5 Å². The second kappa shape index (κ2) is 7.90.